The van der Waals surface area contributed by atoms with Crippen molar-refractivity contribution in [2.45, 2.75) is 38.5 Å². The highest BCUT2D eigenvalue weighted by molar-refractivity contribution is 5.97. The van der Waals surface area contributed by atoms with E-state index in [0.29, 0.717) is 0 Å². The van der Waals surface area contributed by atoms with Crippen LogP contribution in [0.3, 0.4) is 0 Å². The topological polar surface area (TPSA) is 82.0 Å². The molecule has 0 atom stereocenters. The van der Waals surface area contributed by atoms with E-state index in [1.54, 1.807) is 0 Å². The maximum Gasteiger partial charge on any atom is 0.319 e. The third-order valence-electron chi connectivity index (χ3n) is 5.16. The molecule has 4 saturated carbocycles. The fraction of sp³-hybridized carbons (Fsp3) is 0.769. The molecular weight excluding hydrogens is 230 g/mol. The summed E-state index contributed by atoms with van der Waals surface area (Å²) in [6, 6.07) is -0.0110. The predicted molar refractivity (Wildman–Crippen MR) is 63.6 cm³/mol. The second kappa shape index (κ2) is 3.33. The molecule has 0 aliphatic heterocycles. The molecule has 18 heavy (non-hydrogen) atoms. The van der Waals surface area contributed by atoms with E-state index in [2.05, 4.69) is 10.1 Å². The number of ketones is 1. The summed E-state index contributed by atoms with van der Waals surface area (Å²) in [6.07, 6.45) is 7.02. The minimum absolute atomic E-state index is 0.0110. The summed E-state index contributed by atoms with van der Waals surface area (Å²) in [6.45, 7) is 0. The van der Waals surface area contributed by atoms with Gasteiger partial charge in [0.15, 0.2) is 0 Å². The van der Waals surface area contributed by atoms with E-state index < -0.39 is 0 Å². The van der Waals surface area contributed by atoms with Crippen LogP contribution in [-0.4, -0.2) is 15.9 Å². The number of hydrogen-bond donors (Lipinski definition) is 1. The molecule has 0 unspecified atom stereocenters. The standard InChI is InChI=1S/C13H17N3O2/c14-12-15-11(16-18-12)10(17)13-4-7-1-8(5-13)3-9(2-7)6-13/h7-9H,1-6H2,(H2,14,15,16). The van der Waals surface area contributed by atoms with E-state index in [0.717, 1.165) is 37.0 Å². The quantitative estimate of drug-likeness (QED) is 0.809. The Bertz CT molecular complexity index is 473. The molecule has 4 aliphatic carbocycles. The van der Waals surface area contributed by atoms with E-state index in [4.69, 9.17) is 10.3 Å². The van der Waals surface area contributed by atoms with Crippen molar-refractivity contribution in [3.05, 3.63) is 5.82 Å². The molecule has 5 rings (SSSR count). The minimum atomic E-state index is -0.203. The highest BCUT2D eigenvalue weighted by Crippen LogP contribution is 2.60. The van der Waals surface area contributed by atoms with Crippen LogP contribution in [0.25, 0.3) is 0 Å². The second-order valence-electron chi connectivity index (χ2n) is 6.48. The van der Waals surface area contributed by atoms with Crippen LogP contribution >= 0.6 is 0 Å². The van der Waals surface area contributed by atoms with Crippen molar-refractivity contribution >= 4 is 11.8 Å². The number of nitrogens with two attached hydrogens (primary N) is 1. The van der Waals surface area contributed by atoms with Gasteiger partial charge in [0.1, 0.15) is 0 Å². The molecule has 5 nitrogen and oxygen atoms in total. The molecule has 4 bridgehead atoms. The molecule has 4 fully saturated rings. The third-order valence-corrected chi connectivity index (χ3v) is 5.16. The van der Waals surface area contributed by atoms with Gasteiger partial charge in [-0.2, -0.15) is 4.98 Å². The van der Waals surface area contributed by atoms with Crippen molar-refractivity contribution < 1.29 is 9.32 Å². The monoisotopic (exact) mass is 247 g/mol. The van der Waals surface area contributed by atoms with Crippen LogP contribution in [0.1, 0.15) is 49.1 Å². The lowest BCUT2D eigenvalue weighted by Crippen LogP contribution is -2.50. The lowest BCUT2D eigenvalue weighted by molar-refractivity contribution is -0.0359. The SMILES string of the molecule is Nc1nc(C(=O)C23CC4CC(CC(C4)C2)C3)no1. The molecule has 1 aromatic rings. The molecule has 2 N–H and O–H groups in total. The molecule has 0 radical (unpaired) electrons. The number of carbonyl (C=O) groups is 1. The van der Waals surface area contributed by atoms with Gasteiger partial charge in [0.2, 0.25) is 11.6 Å². The molecule has 5 heteroatoms. The molecule has 0 spiro atoms. The highest BCUT2D eigenvalue weighted by Gasteiger charge is 2.55. The van der Waals surface area contributed by atoms with Crippen molar-refractivity contribution in [3.8, 4) is 0 Å². The zero-order valence-corrected chi connectivity index (χ0v) is 10.3. The first-order chi connectivity index (χ1) is 8.64. The molecule has 1 heterocycles. The Labute approximate surface area is 105 Å². The summed E-state index contributed by atoms with van der Waals surface area (Å²) in [7, 11) is 0. The van der Waals surface area contributed by atoms with Gasteiger partial charge in [-0.15, -0.1) is 0 Å². The van der Waals surface area contributed by atoms with E-state index in [1.807, 2.05) is 0 Å². The van der Waals surface area contributed by atoms with E-state index in [1.165, 1.54) is 19.3 Å². The van der Waals surface area contributed by atoms with Gasteiger partial charge in [0.25, 0.3) is 0 Å². The second-order valence-corrected chi connectivity index (χ2v) is 6.48. The normalized spacial score (nSPS) is 41.2. The van der Waals surface area contributed by atoms with Gasteiger partial charge in [0.05, 0.1) is 0 Å². The van der Waals surface area contributed by atoms with Crippen LogP contribution in [0.4, 0.5) is 6.01 Å². The van der Waals surface area contributed by atoms with Gasteiger partial charge in [-0.1, -0.05) is 5.16 Å². The van der Waals surface area contributed by atoms with Crippen LogP contribution in [0, 0.1) is 23.2 Å². The van der Waals surface area contributed by atoms with Gasteiger partial charge in [-0.05, 0) is 56.3 Å². The minimum Gasteiger partial charge on any atom is -0.351 e. The van der Waals surface area contributed by atoms with Crippen LogP contribution in [0.5, 0.6) is 0 Å². The average Bonchev–Trinajstić information content (AvgIpc) is 2.73. The summed E-state index contributed by atoms with van der Waals surface area (Å²) < 4.78 is 4.74. The van der Waals surface area contributed by atoms with Gasteiger partial charge in [-0.25, -0.2) is 0 Å². The lowest BCUT2D eigenvalue weighted by Gasteiger charge is -2.55. The van der Waals surface area contributed by atoms with Gasteiger partial charge < -0.3 is 10.3 Å². The smallest absolute Gasteiger partial charge is 0.319 e. The van der Waals surface area contributed by atoms with E-state index in [9.17, 15) is 4.79 Å². The lowest BCUT2D eigenvalue weighted by atomic mass is 9.48. The Morgan fingerprint density at radius 1 is 1.17 bits per heavy atom. The summed E-state index contributed by atoms with van der Waals surface area (Å²) in [5.74, 6) is 2.48. The molecule has 0 amide bonds. The van der Waals surface area contributed by atoms with Gasteiger partial charge in [-0.3, -0.25) is 4.79 Å². The fourth-order valence-corrected chi connectivity index (χ4v) is 4.95. The summed E-state index contributed by atoms with van der Waals surface area (Å²) in [5.41, 5.74) is 5.21. The van der Waals surface area contributed by atoms with Crippen molar-refractivity contribution in [1.29, 1.82) is 0 Å². The Hall–Kier alpha value is -1.39. The van der Waals surface area contributed by atoms with Crippen molar-refractivity contribution in [2.24, 2.45) is 23.2 Å². The van der Waals surface area contributed by atoms with Crippen LogP contribution < -0.4 is 5.73 Å². The first-order valence-corrected chi connectivity index (χ1v) is 6.79. The predicted octanol–water partition coefficient (Wildman–Crippen LogP) is 2.05. The summed E-state index contributed by atoms with van der Waals surface area (Å²) >= 11 is 0. The van der Waals surface area contributed by atoms with Crippen LogP contribution in [0.15, 0.2) is 4.52 Å². The van der Waals surface area contributed by atoms with Crippen molar-refractivity contribution in [1.82, 2.24) is 10.1 Å². The highest BCUT2D eigenvalue weighted by atomic mass is 16.5. The Kier molecular flexibility index (Phi) is 1.95. The number of hydrogen-bond acceptors (Lipinski definition) is 5. The van der Waals surface area contributed by atoms with E-state index >= 15 is 0 Å². The Morgan fingerprint density at radius 2 is 1.72 bits per heavy atom. The zero-order valence-electron chi connectivity index (χ0n) is 10.3. The van der Waals surface area contributed by atoms with Gasteiger partial charge in [0, 0.05) is 5.41 Å². The Balaban J connectivity index is 1.69. The first kappa shape index (κ1) is 10.5. The number of nitrogens with zero attached hydrogens (tertiary/aromatic N) is 2. The van der Waals surface area contributed by atoms with Crippen LogP contribution in [-0.2, 0) is 0 Å². The molecule has 1 aromatic heterocycles. The number of carbonyl (C=O) groups excluding carboxylic acids is 1. The first-order valence-electron chi connectivity index (χ1n) is 6.79. The number of aromatic nitrogens is 2. The van der Waals surface area contributed by atoms with Crippen molar-refractivity contribution in [2.75, 3.05) is 5.73 Å². The van der Waals surface area contributed by atoms with Crippen molar-refractivity contribution in [3.63, 3.8) is 0 Å². The van der Waals surface area contributed by atoms with E-state index in [-0.39, 0.29) is 23.0 Å². The maximum absolute atomic E-state index is 12.7. The number of rotatable bonds is 2. The molecule has 4 aliphatic rings. The summed E-state index contributed by atoms with van der Waals surface area (Å²) in [4.78, 5) is 16.6. The third kappa shape index (κ3) is 1.36. The van der Waals surface area contributed by atoms with Crippen LogP contribution in [0.2, 0.25) is 0 Å². The zero-order chi connectivity index (χ0) is 12.3. The molecule has 96 valence electrons. The summed E-state index contributed by atoms with van der Waals surface area (Å²) in [5, 5.41) is 3.71. The maximum atomic E-state index is 12.7. The van der Waals surface area contributed by atoms with Gasteiger partial charge >= 0.3 is 6.01 Å². The average molecular weight is 247 g/mol. The molecule has 0 aromatic carbocycles. The molecular formula is C13H17N3O2. The fourth-order valence-electron chi connectivity index (χ4n) is 4.95. The Morgan fingerprint density at radius 3 is 2.17 bits per heavy atom. The number of Topliss-reactive ketones (excluding diaryl/α,β-unsaturated/α-hetero) is 1. The molecule has 0 saturated heterocycles. The number of nitrogen functional groups attached to an aromatic ring is 1. The number of anilines is 1. The largest absolute Gasteiger partial charge is 0.351 e.